The SMILES string of the molecule is COc1ccc(OC)c(/C=C/C(=O)NCc2cccc(Cl)c2)c1. The van der Waals surface area contributed by atoms with Crippen LogP contribution in [0.5, 0.6) is 11.5 Å². The van der Waals surface area contributed by atoms with Crippen LogP contribution in [0.4, 0.5) is 0 Å². The highest BCUT2D eigenvalue weighted by molar-refractivity contribution is 6.30. The van der Waals surface area contributed by atoms with Gasteiger partial charge in [0.1, 0.15) is 11.5 Å². The van der Waals surface area contributed by atoms with Crippen LogP contribution in [-0.4, -0.2) is 20.1 Å². The molecule has 5 heteroatoms. The van der Waals surface area contributed by atoms with Gasteiger partial charge in [0.2, 0.25) is 5.91 Å². The van der Waals surface area contributed by atoms with Crippen molar-refractivity contribution >= 4 is 23.6 Å². The van der Waals surface area contributed by atoms with E-state index in [1.807, 2.05) is 18.2 Å². The Kier molecular flexibility index (Phi) is 6.06. The number of carbonyl (C=O) groups is 1. The molecular formula is C18H18ClNO3. The Morgan fingerprint density at radius 2 is 2.00 bits per heavy atom. The summed E-state index contributed by atoms with van der Waals surface area (Å²) in [5, 5.41) is 3.45. The summed E-state index contributed by atoms with van der Waals surface area (Å²) in [6, 6.07) is 12.8. The van der Waals surface area contributed by atoms with Crippen molar-refractivity contribution in [2.45, 2.75) is 6.54 Å². The fourth-order valence-electron chi connectivity index (χ4n) is 2.03. The van der Waals surface area contributed by atoms with Gasteiger partial charge in [-0.15, -0.1) is 0 Å². The lowest BCUT2D eigenvalue weighted by molar-refractivity contribution is -0.116. The number of nitrogens with one attached hydrogen (secondary N) is 1. The normalized spacial score (nSPS) is 10.6. The van der Waals surface area contributed by atoms with Crippen molar-refractivity contribution in [3.63, 3.8) is 0 Å². The molecule has 0 radical (unpaired) electrons. The molecule has 0 bridgehead atoms. The molecular weight excluding hydrogens is 314 g/mol. The van der Waals surface area contributed by atoms with E-state index in [4.69, 9.17) is 21.1 Å². The van der Waals surface area contributed by atoms with Gasteiger partial charge in [0.15, 0.2) is 0 Å². The highest BCUT2D eigenvalue weighted by atomic mass is 35.5. The fraction of sp³-hybridized carbons (Fsp3) is 0.167. The first-order valence-corrected chi connectivity index (χ1v) is 7.42. The molecule has 120 valence electrons. The largest absolute Gasteiger partial charge is 0.497 e. The Hall–Kier alpha value is -2.46. The number of halogens is 1. The summed E-state index contributed by atoms with van der Waals surface area (Å²) >= 11 is 5.91. The summed E-state index contributed by atoms with van der Waals surface area (Å²) < 4.78 is 10.4. The van der Waals surface area contributed by atoms with Crippen molar-refractivity contribution in [2.75, 3.05) is 14.2 Å². The van der Waals surface area contributed by atoms with E-state index in [9.17, 15) is 4.79 Å². The number of carbonyl (C=O) groups excluding carboxylic acids is 1. The highest BCUT2D eigenvalue weighted by Gasteiger charge is 2.03. The van der Waals surface area contributed by atoms with Gasteiger partial charge in [-0.2, -0.15) is 0 Å². The standard InChI is InChI=1S/C18H18ClNO3/c1-22-16-7-8-17(23-2)14(11-16)6-9-18(21)20-12-13-4-3-5-15(19)10-13/h3-11H,12H2,1-2H3,(H,20,21)/b9-6+. The minimum Gasteiger partial charge on any atom is -0.497 e. The molecule has 1 amide bonds. The number of rotatable bonds is 6. The van der Waals surface area contributed by atoms with Gasteiger partial charge in [-0.25, -0.2) is 0 Å². The van der Waals surface area contributed by atoms with Crippen LogP contribution in [0.1, 0.15) is 11.1 Å². The quantitative estimate of drug-likeness (QED) is 0.821. The van der Waals surface area contributed by atoms with Crippen LogP contribution in [-0.2, 0) is 11.3 Å². The second-order valence-electron chi connectivity index (χ2n) is 4.79. The molecule has 2 aromatic rings. The maximum atomic E-state index is 11.9. The van der Waals surface area contributed by atoms with Crippen LogP contribution in [0.25, 0.3) is 6.08 Å². The molecule has 2 aromatic carbocycles. The van der Waals surface area contributed by atoms with Crippen LogP contribution >= 0.6 is 11.6 Å². The van der Waals surface area contributed by atoms with Gasteiger partial charge < -0.3 is 14.8 Å². The zero-order valence-electron chi connectivity index (χ0n) is 13.0. The molecule has 0 aliphatic rings. The topological polar surface area (TPSA) is 47.6 Å². The van der Waals surface area contributed by atoms with Crippen LogP contribution in [0, 0.1) is 0 Å². The van der Waals surface area contributed by atoms with Crippen LogP contribution < -0.4 is 14.8 Å². The smallest absolute Gasteiger partial charge is 0.244 e. The molecule has 0 unspecified atom stereocenters. The average molecular weight is 332 g/mol. The first-order chi connectivity index (χ1) is 11.1. The van der Waals surface area contributed by atoms with Crippen LogP contribution in [0.15, 0.2) is 48.5 Å². The van der Waals surface area contributed by atoms with Gasteiger partial charge in [0, 0.05) is 23.2 Å². The zero-order chi connectivity index (χ0) is 16.7. The van der Waals surface area contributed by atoms with Crippen molar-refractivity contribution in [1.29, 1.82) is 0 Å². The third-order valence-corrected chi connectivity index (χ3v) is 3.44. The van der Waals surface area contributed by atoms with Gasteiger partial charge in [-0.3, -0.25) is 4.79 Å². The van der Waals surface area contributed by atoms with E-state index in [0.717, 1.165) is 11.1 Å². The Morgan fingerprint density at radius 3 is 2.70 bits per heavy atom. The maximum Gasteiger partial charge on any atom is 0.244 e. The molecule has 1 N–H and O–H groups in total. The number of methoxy groups -OCH3 is 2. The predicted octanol–water partition coefficient (Wildman–Crippen LogP) is 3.69. The molecule has 0 saturated carbocycles. The number of hydrogen-bond acceptors (Lipinski definition) is 3. The second kappa shape index (κ2) is 8.25. The van der Waals surface area contributed by atoms with Crippen LogP contribution in [0.2, 0.25) is 5.02 Å². The fourth-order valence-corrected chi connectivity index (χ4v) is 2.24. The maximum absolute atomic E-state index is 11.9. The highest BCUT2D eigenvalue weighted by Crippen LogP contribution is 2.25. The summed E-state index contributed by atoms with van der Waals surface area (Å²) in [5.74, 6) is 1.17. The Labute approximate surface area is 140 Å². The summed E-state index contributed by atoms with van der Waals surface area (Å²) in [4.78, 5) is 11.9. The van der Waals surface area contributed by atoms with Crippen molar-refractivity contribution < 1.29 is 14.3 Å². The number of hydrogen-bond donors (Lipinski definition) is 1. The molecule has 23 heavy (non-hydrogen) atoms. The van der Waals surface area contributed by atoms with Gasteiger partial charge in [0.25, 0.3) is 0 Å². The number of amides is 1. The van der Waals surface area contributed by atoms with E-state index in [0.29, 0.717) is 23.1 Å². The van der Waals surface area contributed by atoms with E-state index >= 15 is 0 Å². The van der Waals surface area contributed by atoms with Gasteiger partial charge in [-0.1, -0.05) is 23.7 Å². The van der Waals surface area contributed by atoms with Gasteiger partial charge >= 0.3 is 0 Å². The molecule has 0 atom stereocenters. The number of ether oxygens (including phenoxy) is 2. The Balaban J connectivity index is 2.00. The second-order valence-corrected chi connectivity index (χ2v) is 5.23. The number of benzene rings is 2. The monoisotopic (exact) mass is 331 g/mol. The Bertz CT molecular complexity index is 713. The molecule has 0 aliphatic heterocycles. The minimum atomic E-state index is -0.199. The molecule has 0 aromatic heterocycles. The molecule has 0 heterocycles. The van der Waals surface area contributed by atoms with E-state index in [-0.39, 0.29) is 5.91 Å². The summed E-state index contributed by atoms with van der Waals surface area (Å²) in [6.07, 6.45) is 3.15. The van der Waals surface area contributed by atoms with E-state index in [1.54, 1.807) is 44.6 Å². The Morgan fingerprint density at radius 1 is 1.17 bits per heavy atom. The zero-order valence-corrected chi connectivity index (χ0v) is 13.8. The van der Waals surface area contributed by atoms with E-state index < -0.39 is 0 Å². The lowest BCUT2D eigenvalue weighted by atomic mass is 10.1. The molecule has 0 saturated heterocycles. The van der Waals surface area contributed by atoms with Crippen molar-refractivity contribution in [2.24, 2.45) is 0 Å². The third kappa shape index (κ3) is 5.04. The molecule has 0 aliphatic carbocycles. The first-order valence-electron chi connectivity index (χ1n) is 7.05. The molecule has 0 fully saturated rings. The van der Waals surface area contributed by atoms with E-state index in [1.165, 1.54) is 6.08 Å². The lowest BCUT2D eigenvalue weighted by Crippen LogP contribution is -2.20. The summed E-state index contributed by atoms with van der Waals surface area (Å²) in [6.45, 7) is 0.416. The minimum absolute atomic E-state index is 0.199. The predicted molar refractivity (Wildman–Crippen MR) is 91.9 cm³/mol. The molecule has 4 nitrogen and oxygen atoms in total. The first kappa shape index (κ1) is 16.9. The van der Waals surface area contributed by atoms with Crippen molar-refractivity contribution in [3.05, 3.63) is 64.7 Å². The van der Waals surface area contributed by atoms with Crippen molar-refractivity contribution in [1.82, 2.24) is 5.32 Å². The lowest BCUT2D eigenvalue weighted by Gasteiger charge is -2.07. The van der Waals surface area contributed by atoms with Gasteiger partial charge in [-0.05, 0) is 42.0 Å². The van der Waals surface area contributed by atoms with E-state index in [2.05, 4.69) is 5.32 Å². The van der Waals surface area contributed by atoms with Gasteiger partial charge in [0.05, 0.1) is 14.2 Å². The summed E-state index contributed by atoms with van der Waals surface area (Å²) in [7, 11) is 3.17. The third-order valence-electron chi connectivity index (χ3n) is 3.21. The van der Waals surface area contributed by atoms with Crippen LogP contribution in [0.3, 0.4) is 0 Å². The summed E-state index contributed by atoms with van der Waals surface area (Å²) in [5.41, 5.74) is 1.71. The molecule has 2 rings (SSSR count). The van der Waals surface area contributed by atoms with Crippen molar-refractivity contribution in [3.8, 4) is 11.5 Å². The average Bonchev–Trinajstić information content (AvgIpc) is 2.57. The molecule has 0 spiro atoms.